The molecule has 0 aromatic carbocycles. The molecule has 2 heteroatoms. The molecule has 0 bridgehead atoms. The maximum Gasteiger partial charge on any atom is 0.101 e. The first-order valence-corrected chi connectivity index (χ1v) is 5.91. The van der Waals surface area contributed by atoms with E-state index in [9.17, 15) is 0 Å². The normalized spacial score (nSPS) is 29.8. The van der Waals surface area contributed by atoms with E-state index in [1.165, 1.54) is 31.4 Å². The first-order valence-electron chi connectivity index (χ1n) is 5.91. The summed E-state index contributed by atoms with van der Waals surface area (Å²) < 4.78 is 6.00. The van der Waals surface area contributed by atoms with Crippen LogP contribution in [0.2, 0.25) is 0 Å². The highest BCUT2D eigenvalue weighted by atomic mass is 16.5. The second-order valence-corrected chi connectivity index (χ2v) is 4.62. The summed E-state index contributed by atoms with van der Waals surface area (Å²) in [6.45, 7) is 4.56. The standard InChI is InChI=1S/C12H21NO/c1-10-2-4-11(5-3-10)14-12-6-8-13-9-7-12/h4,10,12-13H,2-3,5-9H2,1H3/t10-/m0/s1. The van der Waals surface area contributed by atoms with Gasteiger partial charge in [0, 0.05) is 6.42 Å². The Bertz CT molecular complexity index is 206. The molecule has 0 spiro atoms. The van der Waals surface area contributed by atoms with Crippen LogP contribution in [-0.2, 0) is 4.74 Å². The summed E-state index contributed by atoms with van der Waals surface area (Å²) in [6, 6.07) is 0. The van der Waals surface area contributed by atoms with E-state index in [0.717, 1.165) is 25.4 Å². The van der Waals surface area contributed by atoms with Crippen molar-refractivity contribution in [2.75, 3.05) is 13.1 Å². The van der Waals surface area contributed by atoms with E-state index >= 15 is 0 Å². The van der Waals surface area contributed by atoms with E-state index in [2.05, 4.69) is 18.3 Å². The van der Waals surface area contributed by atoms with Crippen LogP contribution in [0.3, 0.4) is 0 Å². The summed E-state index contributed by atoms with van der Waals surface area (Å²) in [7, 11) is 0. The van der Waals surface area contributed by atoms with E-state index in [1.807, 2.05) is 0 Å². The van der Waals surface area contributed by atoms with Crippen molar-refractivity contribution < 1.29 is 4.74 Å². The minimum atomic E-state index is 0.482. The summed E-state index contributed by atoms with van der Waals surface area (Å²) in [6.07, 6.45) is 8.80. The summed E-state index contributed by atoms with van der Waals surface area (Å²) in [5.74, 6) is 2.12. The fourth-order valence-corrected chi connectivity index (χ4v) is 2.18. The van der Waals surface area contributed by atoms with Crippen LogP contribution in [0, 0.1) is 5.92 Å². The van der Waals surface area contributed by atoms with Gasteiger partial charge in [0.2, 0.25) is 0 Å². The zero-order valence-electron chi connectivity index (χ0n) is 9.09. The minimum absolute atomic E-state index is 0.482. The van der Waals surface area contributed by atoms with Gasteiger partial charge >= 0.3 is 0 Å². The van der Waals surface area contributed by atoms with Crippen molar-refractivity contribution in [3.05, 3.63) is 11.8 Å². The van der Waals surface area contributed by atoms with Gasteiger partial charge in [-0.15, -0.1) is 0 Å². The number of hydrogen-bond acceptors (Lipinski definition) is 2. The predicted octanol–water partition coefficient (Wildman–Crippen LogP) is 2.46. The van der Waals surface area contributed by atoms with Gasteiger partial charge in [-0.3, -0.25) is 0 Å². The van der Waals surface area contributed by atoms with Gasteiger partial charge in [0.05, 0.1) is 5.76 Å². The summed E-state index contributed by atoms with van der Waals surface area (Å²) >= 11 is 0. The second kappa shape index (κ2) is 4.83. The fraction of sp³-hybridized carbons (Fsp3) is 0.833. The highest BCUT2D eigenvalue weighted by molar-refractivity contribution is 4.99. The number of allylic oxidation sites excluding steroid dienone is 2. The van der Waals surface area contributed by atoms with Gasteiger partial charge in [0.25, 0.3) is 0 Å². The topological polar surface area (TPSA) is 21.3 Å². The van der Waals surface area contributed by atoms with E-state index in [-0.39, 0.29) is 0 Å². The summed E-state index contributed by atoms with van der Waals surface area (Å²) in [5, 5.41) is 3.36. The SMILES string of the molecule is C[C@H]1CC=C(OC2CCNCC2)CC1. The van der Waals surface area contributed by atoms with Crippen LogP contribution in [0.15, 0.2) is 11.8 Å². The Balaban J connectivity index is 1.78. The van der Waals surface area contributed by atoms with Gasteiger partial charge in [-0.2, -0.15) is 0 Å². The van der Waals surface area contributed by atoms with Gasteiger partial charge in [0.1, 0.15) is 6.10 Å². The van der Waals surface area contributed by atoms with Crippen LogP contribution >= 0.6 is 0 Å². The molecule has 1 fully saturated rings. The maximum atomic E-state index is 6.00. The molecule has 14 heavy (non-hydrogen) atoms. The van der Waals surface area contributed by atoms with Crippen LogP contribution in [0.4, 0.5) is 0 Å². The molecule has 2 rings (SSSR count). The monoisotopic (exact) mass is 195 g/mol. The van der Waals surface area contributed by atoms with Crippen molar-refractivity contribution in [1.29, 1.82) is 0 Å². The fourth-order valence-electron chi connectivity index (χ4n) is 2.18. The predicted molar refractivity (Wildman–Crippen MR) is 58.1 cm³/mol. The highest BCUT2D eigenvalue weighted by Crippen LogP contribution is 2.25. The van der Waals surface area contributed by atoms with Crippen molar-refractivity contribution in [1.82, 2.24) is 5.32 Å². The molecule has 0 radical (unpaired) electrons. The molecular weight excluding hydrogens is 174 g/mol. The molecule has 1 aliphatic carbocycles. The van der Waals surface area contributed by atoms with Crippen molar-refractivity contribution in [3.63, 3.8) is 0 Å². The lowest BCUT2D eigenvalue weighted by atomic mass is 9.95. The lowest BCUT2D eigenvalue weighted by Crippen LogP contribution is -2.32. The second-order valence-electron chi connectivity index (χ2n) is 4.62. The van der Waals surface area contributed by atoms with Crippen LogP contribution < -0.4 is 5.32 Å². The van der Waals surface area contributed by atoms with E-state index in [1.54, 1.807) is 0 Å². The number of nitrogens with one attached hydrogen (secondary N) is 1. The van der Waals surface area contributed by atoms with Crippen molar-refractivity contribution in [3.8, 4) is 0 Å². The molecule has 80 valence electrons. The molecule has 1 saturated heterocycles. The molecule has 1 N–H and O–H groups in total. The van der Waals surface area contributed by atoms with Crippen molar-refractivity contribution >= 4 is 0 Å². The average molecular weight is 195 g/mol. The third-order valence-electron chi connectivity index (χ3n) is 3.24. The molecule has 1 heterocycles. The third-order valence-corrected chi connectivity index (χ3v) is 3.24. The molecule has 1 aliphatic heterocycles. The molecule has 0 aromatic heterocycles. The Kier molecular flexibility index (Phi) is 3.46. The smallest absolute Gasteiger partial charge is 0.101 e. The Morgan fingerprint density at radius 1 is 1.29 bits per heavy atom. The van der Waals surface area contributed by atoms with Crippen molar-refractivity contribution in [2.45, 2.75) is 45.1 Å². The van der Waals surface area contributed by atoms with E-state index in [4.69, 9.17) is 4.74 Å². The first-order chi connectivity index (χ1) is 6.84. The van der Waals surface area contributed by atoms with Gasteiger partial charge in [-0.1, -0.05) is 6.92 Å². The van der Waals surface area contributed by atoms with Gasteiger partial charge in [0.15, 0.2) is 0 Å². The lowest BCUT2D eigenvalue weighted by molar-refractivity contribution is 0.0771. The number of rotatable bonds is 2. The largest absolute Gasteiger partial charge is 0.495 e. The molecule has 2 aliphatic rings. The molecule has 0 unspecified atom stereocenters. The Morgan fingerprint density at radius 2 is 2.07 bits per heavy atom. The zero-order chi connectivity index (χ0) is 9.80. The average Bonchev–Trinajstić information content (AvgIpc) is 2.23. The molecule has 0 saturated carbocycles. The summed E-state index contributed by atoms with van der Waals surface area (Å²) in [4.78, 5) is 0. The van der Waals surface area contributed by atoms with Crippen LogP contribution in [-0.4, -0.2) is 19.2 Å². The molecule has 0 amide bonds. The summed E-state index contributed by atoms with van der Waals surface area (Å²) in [5.41, 5.74) is 0. The number of ether oxygens (including phenoxy) is 1. The zero-order valence-corrected chi connectivity index (χ0v) is 9.09. The Labute approximate surface area is 86.7 Å². The highest BCUT2D eigenvalue weighted by Gasteiger charge is 2.17. The number of piperidine rings is 1. The van der Waals surface area contributed by atoms with Crippen molar-refractivity contribution in [2.24, 2.45) is 5.92 Å². The van der Waals surface area contributed by atoms with E-state index in [0.29, 0.717) is 6.10 Å². The molecule has 0 aromatic rings. The Hall–Kier alpha value is -0.500. The minimum Gasteiger partial charge on any atom is -0.495 e. The van der Waals surface area contributed by atoms with Gasteiger partial charge < -0.3 is 10.1 Å². The van der Waals surface area contributed by atoms with Gasteiger partial charge in [-0.25, -0.2) is 0 Å². The molecular formula is C12H21NO. The van der Waals surface area contributed by atoms with Crippen LogP contribution in [0.5, 0.6) is 0 Å². The quantitative estimate of drug-likeness (QED) is 0.731. The third kappa shape index (κ3) is 2.74. The molecule has 1 atom stereocenters. The molecule has 2 nitrogen and oxygen atoms in total. The van der Waals surface area contributed by atoms with E-state index < -0.39 is 0 Å². The first kappa shape index (κ1) is 10.0. The maximum absolute atomic E-state index is 6.00. The Morgan fingerprint density at radius 3 is 2.71 bits per heavy atom. The van der Waals surface area contributed by atoms with Crippen LogP contribution in [0.25, 0.3) is 0 Å². The van der Waals surface area contributed by atoms with Gasteiger partial charge in [-0.05, 0) is 50.8 Å². The number of hydrogen-bond donors (Lipinski definition) is 1. The van der Waals surface area contributed by atoms with Crippen LogP contribution in [0.1, 0.15) is 39.0 Å². The lowest BCUT2D eigenvalue weighted by Gasteiger charge is -2.27.